The van der Waals surface area contributed by atoms with Gasteiger partial charge in [-0.05, 0) is 52.6 Å². The Bertz CT molecular complexity index is 3260. The van der Waals surface area contributed by atoms with Gasteiger partial charge in [0.05, 0.1) is 22.2 Å². The van der Waals surface area contributed by atoms with E-state index in [0.29, 0.717) is 23.1 Å². The number of nitrogens with zero attached hydrogens (tertiary/aromatic N) is 4. The second kappa shape index (κ2) is 13.0. The molecule has 0 unspecified atom stereocenters. The Kier molecular flexibility index (Phi) is 7.38. The number of rotatable bonds is 6. The zero-order valence-corrected chi connectivity index (χ0v) is 29.9. The zero-order chi connectivity index (χ0) is 37.0. The van der Waals surface area contributed by atoms with Crippen LogP contribution in [-0.2, 0) is 0 Å². The number of fused-ring (bicyclic) bond motifs is 6. The minimum Gasteiger partial charge on any atom is -0.438 e. The third-order valence-corrected chi connectivity index (χ3v) is 10.3. The maximum Gasteiger partial charge on any atom is 0.231 e. The summed E-state index contributed by atoms with van der Waals surface area (Å²) in [4.78, 5) is 20.5. The van der Waals surface area contributed by atoms with Gasteiger partial charge in [-0.2, -0.15) is 9.97 Å². The molecule has 56 heavy (non-hydrogen) atoms. The van der Waals surface area contributed by atoms with E-state index >= 15 is 0 Å². The van der Waals surface area contributed by atoms with Crippen LogP contribution in [0, 0.1) is 0 Å². The average Bonchev–Trinajstić information content (AvgIpc) is 3.85. The van der Waals surface area contributed by atoms with Crippen molar-refractivity contribution in [2.24, 2.45) is 0 Å². The van der Waals surface area contributed by atoms with Gasteiger partial charge in [0.2, 0.25) is 11.4 Å². The number of hydrogen-bond acceptors (Lipinski definition) is 6. The first-order valence-electron chi connectivity index (χ1n) is 18.5. The summed E-state index contributed by atoms with van der Waals surface area (Å²) in [6.07, 6.45) is 0. The van der Waals surface area contributed by atoms with E-state index < -0.39 is 0 Å². The third-order valence-electron chi connectivity index (χ3n) is 10.3. The fraction of sp³-hybridized carbons (Fsp3) is 0. The lowest BCUT2D eigenvalue weighted by Gasteiger charge is -2.11. The second-order valence-electron chi connectivity index (χ2n) is 13.8. The molecule has 262 valence electrons. The standard InChI is InChI=1S/C50H30N4O2/c1-3-14-31(15-4-1)33-18-11-19-34(28-33)35-20-12-21-36(29-35)46-44-40-25-8-10-27-42(40)56-50(44)54-48(52-46)38-23-13-22-37(30-38)47-51-45(32-16-5-2-6-17-32)43-39-24-7-9-26-41(39)55-49(43)53-47/h1-30H. The average molecular weight is 719 g/mol. The number of hydrogen-bond donors (Lipinski definition) is 0. The smallest absolute Gasteiger partial charge is 0.231 e. The van der Waals surface area contributed by atoms with Crippen LogP contribution in [0.15, 0.2) is 191 Å². The molecule has 0 saturated heterocycles. The lowest BCUT2D eigenvalue weighted by molar-refractivity contribution is 0.653. The van der Waals surface area contributed by atoms with Gasteiger partial charge < -0.3 is 8.83 Å². The van der Waals surface area contributed by atoms with Crippen LogP contribution in [0.25, 0.3) is 112 Å². The van der Waals surface area contributed by atoms with Crippen LogP contribution in [0.1, 0.15) is 0 Å². The van der Waals surface area contributed by atoms with Gasteiger partial charge >= 0.3 is 0 Å². The fourth-order valence-corrected chi connectivity index (χ4v) is 7.67. The van der Waals surface area contributed by atoms with Gasteiger partial charge in [0.15, 0.2) is 11.6 Å². The lowest BCUT2D eigenvalue weighted by Crippen LogP contribution is -1.96. The van der Waals surface area contributed by atoms with Crippen LogP contribution in [0.2, 0.25) is 0 Å². The molecule has 0 aliphatic heterocycles. The van der Waals surface area contributed by atoms with Crippen molar-refractivity contribution < 1.29 is 8.83 Å². The molecule has 0 bridgehead atoms. The molecule has 0 aliphatic rings. The van der Waals surface area contributed by atoms with Gasteiger partial charge in [0.1, 0.15) is 11.2 Å². The van der Waals surface area contributed by atoms with E-state index in [1.165, 1.54) is 11.1 Å². The minimum absolute atomic E-state index is 0.527. The highest BCUT2D eigenvalue weighted by molar-refractivity contribution is 6.12. The maximum absolute atomic E-state index is 6.42. The Balaban J connectivity index is 1.06. The van der Waals surface area contributed by atoms with Crippen molar-refractivity contribution in [1.82, 2.24) is 19.9 Å². The molecule has 0 amide bonds. The monoisotopic (exact) mass is 718 g/mol. The van der Waals surface area contributed by atoms with Crippen molar-refractivity contribution in [3.63, 3.8) is 0 Å². The van der Waals surface area contributed by atoms with Crippen molar-refractivity contribution in [3.05, 3.63) is 182 Å². The molecule has 0 fully saturated rings. The van der Waals surface area contributed by atoms with Gasteiger partial charge in [-0.25, -0.2) is 9.97 Å². The molecule has 4 aromatic heterocycles. The summed E-state index contributed by atoms with van der Waals surface area (Å²) < 4.78 is 12.7. The highest BCUT2D eigenvalue weighted by Gasteiger charge is 2.21. The number of aromatic nitrogens is 4. The van der Waals surface area contributed by atoms with E-state index in [-0.39, 0.29) is 0 Å². The summed E-state index contributed by atoms with van der Waals surface area (Å²) in [6, 6.07) is 61.9. The Morgan fingerprint density at radius 3 is 1.21 bits per heavy atom. The van der Waals surface area contributed by atoms with Crippen LogP contribution in [-0.4, -0.2) is 19.9 Å². The summed E-state index contributed by atoms with van der Waals surface area (Å²) in [6.45, 7) is 0. The van der Waals surface area contributed by atoms with E-state index in [9.17, 15) is 0 Å². The quantitative estimate of drug-likeness (QED) is 0.170. The minimum atomic E-state index is 0.527. The summed E-state index contributed by atoms with van der Waals surface area (Å²) in [5.41, 5.74) is 12.4. The van der Waals surface area contributed by atoms with Gasteiger partial charge in [-0.15, -0.1) is 0 Å². The predicted octanol–water partition coefficient (Wildman–Crippen LogP) is 13.1. The molecule has 6 nitrogen and oxygen atoms in total. The van der Waals surface area contributed by atoms with Gasteiger partial charge in [0.25, 0.3) is 0 Å². The molecule has 6 heteroatoms. The molecule has 11 aromatic rings. The van der Waals surface area contributed by atoms with E-state index in [2.05, 4.69) is 97.1 Å². The highest BCUT2D eigenvalue weighted by Crippen LogP contribution is 2.40. The van der Waals surface area contributed by atoms with E-state index in [4.69, 9.17) is 28.8 Å². The topological polar surface area (TPSA) is 77.8 Å². The van der Waals surface area contributed by atoms with Crippen LogP contribution >= 0.6 is 0 Å². The molecule has 4 heterocycles. The Labute approximate surface area is 321 Å². The molecular weight excluding hydrogens is 689 g/mol. The summed E-state index contributed by atoms with van der Waals surface area (Å²) in [5, 5.41) is 3.72. The molecular formula is C50H30N4O2. The van der Waals surface area contributed by atoms with Crippen molar-refractivity contribution >= 4 is 44.1 Å². The molecule has 0 spiro atoms. The van der Waals surface area contributed by atoms with Crippen LogP contribution in [0.3, 0.4) is 0 Å². The Morgan fingerprint density at radius 2 is 0.661 bits per heavy atom. The molecule has 0 aliphatic carbocycles. The summed E-state index contributed by atoms with van der Waals surface area (Å²) in [5.74, 6) is 1.09. The largest absolute Gasteiger partial charge is 0.438 e. The molecule has 7 aromatic carbocycles. The number of para-hydroxylation sites is 2. The van der Waals surface area contributed by atoms with E-state index in [1.54, 1.807) is 0 Å². The number of benzene rings is 7. The molecule has 0 radical (unpaired) electrons. The lowest BCUT2D eigenvalue weighted by atomic mass is 9.96. The van der Waals surface area contributed by atoms with Gasteiger partial charge in [-0.1, -0.05) is 152 Å². The summed E-state index contributed by atoms with van der Waals surface area (Å²) >= 11 is 0. The molecule has 0 atom stereocenters. The normalized spacial score (nSPS) is 11.6. The Morgan fingerprint density at radius 1 is 0.286 bits per heavy atom. The second-order valence-corrected chi connectivity index (χ2v) is 13.8. The maximum atomic E-state index is 6.42. The number of furan rings is 2. The summed E-state index contributed by atoms with van der Waals surface area (Å²) in [7, 11) is 0. The molecule has 0 saturated carbocycles. The van der Waals surface area contributed by atoms with Crippen LogP contribution < -0.4 is 0 Å². The predicted molar refractivity (Wildman–Crippen MR) is 225 cm³/mol. The fourth-order valence-electron chi connectivity index (χ4n) is 7.67. The van der Waals surface area contributed by atoms with Crippen molar-refractivity contribution in [2.45, 2.75) is 0 Å². The SMILES string of the molecule is c1ccc(-c2cccc(-c3cccc(-c4nc(-c5cccc(-c6nc(-c7ccccc7)c7c(n6)oc6ccccc67)c5)nc5oc6ccccc6c45)c3)c2)cc1. The third kappa shape index (κ3) is 5.43. The first-order chi connectivity index (χ1) is 27.7. The van der Waals surface area contributed by atoms with Crippen molar-refractivity contribution in [3.8, 4) is 67.5 Å². The molecule has 11 rings (SSSR count). The van der Waals surface area contributed by atoms with Crippen LogP contribution in [0.5, 0.6) is 0 Å². The first-order valence-corrected chi connectivity index (χ1v) is 18.5. The highest BCUT2D eigenvalue weighted by atomic mass is 16.3. The first kappa shape index (κ1) is 31.8. The van der Waals surface area contributed by atoms with Crippen molar-refractivity contribution in [2.75, 3.05) is 0 Å². The van der Waals surface area contributed by atoms with Gasteiger partial charge in [0, 0.05) is 33.0 Å². The Hall–Kier alpha value is -7.70. The van der Waals surface area contributed by atoms with Gasteiger partial charge in [-0.3, -0.25) is 0 Å². The zero-order valence-electron chi connectivity index (χ0n) is 29.9. The molecule has 0 N–H and O–H groups in total. The van der Waals surface area contributed by atoms with E-state index in [0.717, 1.165) is 77.5 Å². The van der Waals surface area contributed by atoms with E-state index in [1.807, 2.05) is 84.9 Å². The van der Waals surface area contributed by atoms with Crippen molar-refractivity contribution in [1.29, 1.82) is 0 Å². The van der Waals surface area contributed by atoms with Crippen LogP contribution in [0.4, 0.5) is 0 Å².